The van der Waals surface area contributed by atoms with Gasteiger partial charge in [0.15, 0.2) is 10.5 Å². The third-order valence-electron chi connectivity index (χ3n) is 3.36. The lowest BCUT2D eigenvalue weighted by molar-refractivity contribution is -0.114. The second kappa shape index (κ2) is 7.30. The van der Waals surface area contributed by atoms with E-state index in [0.29, 0.717) is 38.0 Å². The summed E-state index contributed by atoms with van der Waals surface area (Å²) in [5.74, 6) is 0.135. The number of amides is 1. The number of aryl methyl sites for hydroxylation is 1. The molecule has 5 nitrogen and oxygen atoms in total. The lowest BCUT2D eigenvalue weighted by Gasteiger charge is -2.14. The van der Waals surface area contributed by atoms with Gasteiger partial charge in [0.1, 0.15) is 11.6 Å². The molecule has 0 atom stereocenters. The zero-order valence-corrected chi connectivity index (χ0v) is 15.7. The van der Waals surface area contributed by atoms with E-state index in [4.69, 9.17) is 46.4 Å². The van der Waals surface area contributed by atoms with Gasteiger partial charge in [-0.2, -0.15) is 0 Å². The van der Waals surface area contributed by atoms with Crippen molar-refractivity contribution >= 4 is 69.2 Å². The van der Waals surface area contributed by atoms with Gasteiger partial charge in [-0.25, -0.2) is 15.0 Å². The Kier molecular flexibility index (Phi) is 5.29. The average Bonchev–Trinajstić information content (AvgIpc) is 2.54. The molecule has 128 valence electrons. The van der Waals surface area contributed by atoms with Gasteiger partial charge in [0.2, 0.25) is 0 Å². The molecular formula is C16H10Cl4N4O. The highest BCUT2D eigenvalue weighted by atomic mass is 35.5. The Morgan fingerprint density at radius 1 is 1.16 bits per heavy atom. The van der Waals surface area contributed by atoms with Crippen molar-refractivity contribution in [1.82, 2.24) is 15.0 Å². The number of carbonyl (C=O) groups is 1. The number of anilines is 1. The summed E-state index contributed by atoms with van der Waals surface area (Å²) in [7, 11) is 0. The molecule has 1 N–H and O–H groups in total. The molecule has 0 aliphatic heterocycles. The van der Waals surface area contributed by atoms with E-state index in [-0.39, 0.29) is 5.82 Å². The molecular weight excluding hydrogens is 406 g/mol. The normalized spacial score (nSPS) is 11.1. The van der Waals surface area contributed by atoms with Crippen LogP contribution in [0, 0.1) is 6.92 Å². The Balaban J connectivity index is 2.27. The van der Waals surface area contributed by atoms with Gasteiger partial charge in [-0.15, -0.1) is 0 Å². The van der Waals surface area contributed by atoms with E-state index in [1.165, 1.54) is 0 Å². The van der Waals surface area contributed by atoms with Gasteiger partial charge < -0.3 is 5.32 Å². The van der Waals surface area contributed by atoms with E-state index in [0.717, 1.165) is 0 Å². The minimum atomic E-state index is -1.25. The van der Waals surface area contributed by atoms with Crippen LogP contribution < -0.4 is 5.32 Å². The first-order chi connectivity index (χ1) is 11.9. The maximum Gasteiger partial charge on any atom is 0.258 e. The Hall–Kier alpha value is -1.66. The summed E-state index contributed by atoms with van der Waals surface area (Å²) >= 11 is 23.9. The molecule has 0 unspecified atom stereocenters. The predicted octanol–water partition coefficient (Wildman–Crippen LogP) is 5.05. The highest BCUT2D eigenvalue weighted by Crippen LogP contribution is 2.39. The maximum atomic E-state index is 12.0. The third kappa shape index (κ3) is 3.80. The lowest BCUT2D eigenvalue weighted by Crippen LogP contribution is -2.20. The molecule has 3 rings (SSSR count). The van der Waals surface area contributed by atoms with Crippen LogP contribution in [-0.4, -0.2) is 25.7 Å². The fourth-order valence-corrected chi connectivity index (χ4v) is 2.97. The first-order valence-electron chi connectivity index (χ1n) is 7.04. The minimum absolute atomic E-state index is 0.205. The largest absolute Gasteiger partial charge is 0.308 e. The summed E-state index contributed by atoms with van der Waals surface area (Å²) in [6.07, 6.45) is 1.64. The van der Waals surface area contributed by atoms with E-state index < -0.39 is 10.7 Å². The monoisotopic (exact) mass is 414 g/mol. The molecule has 2 aromatic heterocycles. The summed E-state index contributed by atoms with van der Waals surface area (Å²) in [6.45, 7) is 1.74. The van der Waals surface area contributed by atoms with Crippen LogP contribution in [-0.2, 0) is 4.79 Å². The van der Waals surface area contributed by atoms with Crippen LogP contribution in [0.5, 0.6) is 0 Å². The molecule has 0 spiro atoms. The van der Waals surface area contributed by atoms with E-state index in [9.17, 15) is 4.79 Å². The van der Waals surface area contributed by atoms with E-state index >= 15 is 0 Å². The van der Waals surface area contributed by atoms with E-state index in [1.807, 2.05) is 0 Å². The van der Waals surface area contributed by atoms with Crippen molar-refractivity contribution in [3.63, 3.8) is 0 Å². The van der Waals surface area contributed by atoms with E-state index in [2.05, 4.69) is 20.3 Å². The smallest absolute Gasteiger partial charge is 0.258 e. The Morgan fingerprint density at radius 2 is 1.84 bits per heavy atom. The van der Waals surface area contributed by atoms with Crippen LogP contribution >= 0.6 is 46.4 Å². The molecule has 0 fully saturated rings. The molecule has 9 heteroatoms. The van der Waals surface area contributed by atoms with Crippen LogP contribution in [0.1, 0.15) is 5.82 Å². The topological polar surface area (TPSA) is 67.8 Å². The van der Waals surface area contributed by atoms with Gasteiger partial charge in [0.05, 0.1) is 10.0 Å². The SMILES string of the molecule is Cc1ncc2cc(-c3c(Cl)cccc3Cl)c(NC(=O)C(Cl)Cl)nc2n1. The first-order valence-corrected chi connectivity index (χ1v) is 8.67. The number of carbonyl (C=O) groups excluding carboxylic acids is 1. The first kappa shape index (κ1) is 18.1. The van der Waals surface area contributed by atoms with Crippen molar-refractivity contribution in [1.29, 1.82) is 0 Å². The molecule has 1 amide bonds. The molecule has 0 aliphatic carbocycles. The number of hydrogen-bond donors (Lipinski definition) is 1. The molecule has 0 radical (unpaired) electrons. The second-order valence-electron chi connectivity index (χ2n) is 5.10. The predicted molar refractivity (Wildman–Crippen MR) is 102 cm³/mol. The quantitative estimate of drug-likeness (QED) is 0.607. The maximum absolute atomic E-state index is 12.0. The fourth-order valence-electron chi connectivity index (χ4n) is 2.26. The van der Waals surface area contributed by atoms with Crippen LogP contribution in [0.3, 0.4) is 0 Å². The molecule has 0 saturated heterocycles. The highest BCUT2D eigenvalue weighted by Gasteiger charge is 2.20. The summed E-state index contributed by atoms with van der Waals surface area (Å²) in [5, 5.41) is 4.07. The molecule has 1 aromatic carbocycles. The van der Waals surface area contributed by atoms with Gasteiger partial charge in [-0.3, -0.25) is 4.79 Å². The van der Waals surface area contributed by atoms with Crippen LogP contribution in [0.15, 0.2) is 30.5 Å². The Labute approximate surface area is 163 Å². The Bertz CT molecular complexity index is 958. The molecule has 0 aliphatic rings. The number of alkyl halides is 2. The standard InChI is InChI=1S/C16H10Cl4N4O/c1-7-21-6-8-5-9(12-10(17)3-2-4-11(12)18)15(23-14(8)22-7)24-16(25)13(19)20/h2-6,13H,1H3,(H,21,22,23,24,25). The van der Waals surface area contributed by atoms with Gasteiger partial charge in [0, 0.05) is 22.7 Å². The average molecular weight is 416 g/mol. The van der Waals surface area contributed by atoms with Crippen molar-refractivity contribution in [2.24, 2.45) is 0 Å². The number of pyridine rings is 1. The Morgan fingerprint density at radius 3 is 2.48 bits per heavy atom. The summed E-state index contributed by atoms with van der Waals surface area (Å²) in [6, 6.07) is 6.86. The molecule has 2 heterocycles. The fraction of sp³-hybridized carbons (Fsp3) is 0.125. The number of rotatable bonds is 3. The number of aromatic nitrogens is 3. The van der Waals surface area contributed by atoms with Crippen LogP contribution in [0.25, 0.3) is 22.2 Å². The van der Waals surface area contributed by atoms with Crippen LogP contribution in [0.4, 0.5) is 5.82 Å². The number of nitrogens with one attached hydrogen (secondary N) is 1. The van der Waals surface area contributed by atoms with Crippen molar-refractivity contribution < 1.29 is 4.79 Å². The van der Waals surface area contributed by atoms with Crippen molar-refractivity contribution in [2.45, 2.75) is 11.8 Å². The van der Waals surface area contributed by atoms with Crippen LogP contribution in [0.2, 0.25) is 10.0 Å². The van der Waals surface area contributed by atoms with Crippen molar-refractivity contribution in [2.75, 3.05) is 5.32 Å². The molecule has 0 bridgehead atoms. The van der Waals surface area contributed by atoms with Gasteiger partial charge >= 0.3 is 0 Å². The summed E-state index contributed by atoms with van der Waals surface area (Å²) < 4.78 is 0. The third-order valence-corrected chi connectivity index (χ3v) is 4.39. The van der Waals surface area contributed by atoms with Gasteiger partial charge in [-0.05, 0) is 25.1 Å². The molecule has 3 aromatic rings. The lowest BCUT2D eigenvalue weighted by atomic mass is 10.0. The number of fused-ring (bicyclic) bond motifs is 1. The van der Waals surface area contributed by atoms with Crippen molar-refractivity contribution in [3.05, 3.63) is 46.3 Å². The summed E-state index contributed by atoms with van der Waals surface area (Å²) in [5.41, 5.74) is 1.45. The zero-order chi connectivity index (χ0) is 18.1. The molecule has 25 heavy (non-hydrogen) atoms. The van der Waals surface area contributed by atoms with Gasteiger partial charge in [-0.1, -0.05) is 52.5 Å². The molecule has 0 saturated carbocycles. The van der Waals surface area contributed by atoms with Crippen molar-refractivity contribution in [3.8, 4) is 11.1 Å². The second-order valence-corrected chi connectivity index (χ2v) is 7.01. The minimum Gasteiger partial charge on any atom is -0.308 e. The van der Waals surface area contributed by atoms with E-state index in [1.54, 1.807) is 37.4 Å². The zero-order valence-electron chi connectivity index (χ0n) is 12.7. The number of benzene rings is 1. The number of nitrogens with zero attached hydrogens (tertiary/aromatic N) is 3. The summed E-state index contributed by atoms with van der Waals surface area (Å²) in [4.78, 5) is 23.5. The van der Waals surface area contributed by atoms with Gasteiger partial charge in [0.25, 0.3) is 5.91 Å². The number of halogens is 4. The number of hydrogen-bond acceptors (Lipinski definition) is 4. The highest BCUT2D eigenvalue weighted by molar-refractivity contribution is 6.54.